The van der Waals surface area contributed by atoms with Gasteiger partial charge in [0.1, 0.15) is 5.60 Å². The van der Waals surface area contributed by atoms with E-state index in [1.54, 1.807) is 45.0 Å². The van der Waals surface area contributed by atoms with Crippen LogP contribution in [0.3, 0.4) is 0 Å². The van der Waals surface area contributed by atoms with Gasteiger partial charge in [0.2, 0.25) is 0 Å². The Morgan fingerprint density at radius 2 is 1.71 bits per heavy atom. The van der Waals surface area contributed by atoms with Gasteiger partial charge in [-0.15, -0.1) is 0 Å². The van der Waals surface area contributed by atoms with Gasteiger partial charge in [0, 0.05) is 6.54 Å². The van der Waals surface area contributed by atoms with E-state index in [1.165, 1.54) is 0 Å². The molecule has 0 bridgehead atoms. The lowest BCUT2D eigenvalue weighted by molar-refractivity contribution is 0.0523. The molecule has 0 radical (unpaired) electrons. The third-order valence-corrected chi connectivity index (χ3v) is 3.23. The number of amides is 1. The lowest BCUT2D eigenvalue weighted by atomic mass is 10.1. The summed E-state index contributed by atoms with van der Waals surface area (Å²) >= 11 is 0. The summed E-state index contributed by atoms with van der Waals surface area (Å²) in [6.45, 7) is 5.69. The molecule has 1 aromatic rings. The van der Waals surface area contributed by atoms with Crippen LogP contribution >= 0.6 is 0 Å². The average Bonchev–Trinajstić information content (AvgIpc) is 2.32. The molecular weight excluding hydrogens is 294 g/mol. The lowest BCUT2D eigenvalue weighted by Gasteiger charge is -2.19. The van der Waals surface area contributed by atoms with Crippen LogP contribution in [0.5, 0.6) is 0 Å². The molecule has 0 aromatic heterocycles. The second kappa shape index (κ2) is 6.91. The molecule has 0 spiro atoms. The van der Waals surface area contributed by atoms with Gasteiger partial charge in [0.25, 0.3) is 10.1 Å². The first kappa shape index (κ1) is 17.5. The number of carbonyl (C=O) groups excluding carboxylic acids is 1. The van der Waals surface area contributed by atoms with Crippen molar-refractivity contribution >= 4 is 16.2 Å². The van der Waals surface area contributed by atoms with Gasteiger partial charge >= 0.3 is 6.09 Å². The summed E-state index contributed by atoms with van der Waals surface area (Å²) in [6.07, 6.45) is -0.239. The minimum absolute atomic E-state index is 0.249. The van der Waals surface area contributed by atoms with Crippen molar-refractivity contribution in [2.75, 3.05) is 5.75 Å². The molecule has 2 N–H and O–H groups in total. The molecule has 0 aliphatic heterocycles. The van der Waals surface area contributed by atoms with Crippen molar-refractivity contribution < 1.29 is 22.5 Å². The molecule has 7 heteroatoms. The fraction of sp³-hybridized carbons (Fsp3) is 0.500. The van der Waals surface area contributed by atoms with Crippen LogP contribution in [0.2, 0.25) is 0 Å². The van der Waals surface area contributed by atoms with Crippen molar-refractivity contribution in [3.8, 4) is 0 Å². The van der Waals surface area contributed by atoms with Crippen LogP contribution in [0, 0.1) is 0 Å². The zero-order valence-corrected chi connectivity index (χ0v) is 13.2. The first-order valence-corrected chi connectivity index (χ1v) is 8.16. The number of benzene rings is 1. The number of rotatable bonds is 5. The predicted molar refractivity (Wildman–Crippen MR) is 79.6 cm³/mol. The average molecular weight is 315 g/mol. The van der Waals surface area contributed by atoms with E-state index in [1.807, 2.05) is 0 Å². The zero-order valence-electron chi connectivity index (χ0n) is 12.4. The molecule has 0 aliphatic rings. The summed E-state index contributed by atoms with van der Waals surface area (Å²) < 4.78 is 35.1. The Morgan fingerprint density at radius 3 is 2.19 bits per heavy atom. The molecule has 1 amide bonds. The van der Waals surface area contributed by atoms with Gasteiger partial charge in [-0.05, 0) is 38.3 Å². The van der Waals surface area contributed by atoms with Crippen LogP contribution in [0.25, 0.3) is 0 Å². The number of nitrogens with one attached hydrogen (secondary N) is 1. The monoisotopic (exact) mass is 315 g/mol. The molecule has 0 saturated carbocycles. The zero-order chi connectivity index (χ0) is 16.1. The van der Waals surface area contributed by atoms with Crippen LogP contribution in [-0.2, 0) is 27.8 Å². The number of ether oxygens (including phenoxy) is 1. The maximum Gasteiger partial charge on any atom is 0.407 e. The predicted octanol–water partition coefficient (Wildman–Crippen LogP) is 2.14. The van der Waals surface area contributed by atoms with E-state index in [2.05, 4.69) is 5.32 Å². The van der Waals surface area contributed by atoms with E-state index in [4.69, 9.17) is 9.29 Å². The van der Waals surface area contributed by atoms with Gasteiger partial charge < -0.3 is 10.1 Å². The highest BCUT2D eigenvalue weighted by atomic mass is 32.2. The normalized spacial score (nSPS) is 12.0. The number of alkyl carbamates (subject to hydrolysis) is 1. The highest BCUT2D eigenvalue weighted by Gasteiger charge is 2.15. The van der Waals surface area contributed by atoms with E-state index < -0.39 is 21.8 Å². The smallest absolute Gasteiger partial charge is 0.407 e. The number of hydrogen-bond acceptors (Lipinski definition) is 4. The van der Waals surface area contributed by atoms with E-state index >= 15 is 0 Å². The summed E-state index contributed by atoms with van der Waals surface area (Å²) in [5.74, 6) is -0.303. The molecular formula is C14H21NO5S. The molecule has 21 heavy (non-hydrogen) atoms. The van der Waals surface area contributed by atoms with Crippen molar-refractivity contribution in [3.05, 3.63) is 35.4 Å². The van der Waals surface area contributed by atoms with E-state index in [0.29, 0.717) is 6.54 Å². The fourth-order valence-electron chi connectivity index (χ4n) is 1.56. The summed E-state index contributed by atoms with van der Waals surface area (Å²) in [5.41, 5.74) is 1.13. The minimum atomic E-state index is -3.94. The van der Waals surface area contributed by atoms with Crippen molar-refractivity contribution in [2.24, 2.45) is 0 Å². The minimum Gasteiger partial charge on any atom is -0.444 e. The second-order valence-electron chi connectivity index (χ2n) is 5.71. The Kier molecular flexibility index (Phi) is 5.74. The highest BCUT2D eigenvalue weighted by Crippen LogP contribution is 2.08. The third-order valence-electron chi connectivity index (χ3n) is 2.51. The maximum absolute atomic E-state index is 11.5. The Hall–Kier alpha value is -1.60. The van der Waals surface area contributed by atoms with Gasteiger partial charge in [0.05, 0.1) is 5.75 Å². The summed E-state index contributed by atoms with van der Waals surface area (Å²) in [5, 5.41) is 2.63. The maximum atomic E-state index is 11.5. The SMILES string of the molecule is CC(C)(C)OC(=O)NCc1ccc(CCS(=O)(=O)O)cc1. The standard InChI is InChI=1S/C14H21NO5S/c1-14(2,3)20-13(16)15-10-12-6-4-11(5-7-12)8-9-21(17,18)19/h4-7H,8-10H2,1-3H3,(H,15,16)(H,17,18,19). The topological polar surface area (TPSA) is 92.7 Å². The largest absolute Gasteiger partial charge is 0.444 e. The summed E-state index contributed by atoms with van der Waals surface area (Å²) in [6, 6.07) is 7.10. The Bertz CT molecular complexity index is 572. The Labute approximate surface area is 125 Å². The highest BCUT2D eigenvalue weighted by molar-refractivity contribution is 7.85. The van der Waals surface area contributed by atoms with E-state index in [9.17, 15) is 13.2 Å². The van der Waals surface area contributed by atoms with Crippen molar-refractivity contribution in [2.45, 2.75) is 39.3 Å². The summed E-state index contributed by atoms with van der Waals surface area (Å²) in [4.78, 5) is 11.5. The van der Waals surface area contributed by atoms with E-state index in [-0.39, 0.29) is 12.2 Å². The first-order valence-electron chi connectivity index (χ1n) is 6.55. The van der Waals surface area contributed by atoms with Gasteiger partial charge in [-0.2, -0.15) is 8.42 Å². The van der Waals surface area contributed by atoms with Crippen molar-refractivity contribution in [3.63, 3.8) is 0 Å². The number of hydrogen-bond donors (Lipinski definition) is 2. The third kappa shape index (κ3) is 8.31. The molecule has 118 valence electrons. The second-order valence-corrected chi connectivity index (χ2v) is 7.28. The molecule has 0 unspecified atom stereocenters. The molecule has 0 heterocycles. The molecule has 0 aliphatic carbocycles. The van der Waals surface area contributed by atoms with E-state index in [0.717, 1.165) is 11.1 Å². The van der Waals surface area contributed by atoms with Gasteiger partial charge in [-0.25, -0.2) is 4.79 Å². The van der Waals surface area contributed by atoms with Crippen LogP contribution in [0.4, 0.5) is 4.79 Å². The van der Waals surface area contributed by atoms with Crippen LogP contribution in [-0.4, -0.2) is 30.4 Å². The molecule has 0 atom stereocenters. The Balaban J connectivity index is 2.46. The van der Waals surface area contributed by atoms with Gasteiger partial charge in [0.15, 0.2) is 0 Å². The van der Waals surface area contributed by atoms with Crippen molar-refractivity contribution in [1.29, 1.82) is 0 Å². The first-order chi connectivity index (χ1) is 9.55. The van der Waals surface area contributed by atoms with Crippen LogP contribution in [0.15, 0.2) is 24.3 Å². The Morgan fingerprint density at radius 1 is 1.19 bits per heavy atom. The number of carbonyl (C=O) groups is 1. The van der Waals surface area contributed by atoms with Crippen molar-refractivity contribution in [1.82, 2.24) is 5.32 Å². The molecule has 1 rings (SSSR count). The molecule has 1 aromatic carbocycles. The summed E-state index contributed by atoms with van der Waals surface area (Å²) in [7, 11) is -3.94. The van der Waals surface area contributed by atoms with Gasteiger partial charge in [-0.3, -0.25) is 4.55 Å². The molecule has 0 saturated heterocycles. The molecule has 6 nitrogen and oxygen atoms in total. The van der Waals surface area contributed by atoms with Crippen LogP contribution < -0.4 is 5.32 Å². The number of aryl methyl sites for hydroxylation is 1. The molecule has 0 fully saturated rings. The quantitative estimate of drug-likeness (QED) is 0.812. The fourth-order valence-corrected chi connectivity index (χ4v) is 2.05. The van der Waals surface area contributed by atoms with Crippen LogP contribution in [0.1, 0.15) is 31.9 Å². The lowest BCUT2D eigenvalue weighted by Crippen LogP contribution is -2.32. The van der Waals surface area contributed by atoms with Gasteiger partial charge in [-0.1, -0.05) is 24.3 Å².